The summed E-state index contributed by atoms with van der Waals surface area (Å²) >= 11 is 0. The van der Waals surface area contributed by atoms with Crippen LogP contribution in [0.3, 0.4) is 0 Å². The number of carbonyl (C=O) groups excluding carboxylic acids is 1. The minimum Gasteiger partial charge on any atom is -0.336 e. The zero-order chi connectivity index (χ0) is 10.2. The summed E-state index contributed by atoms with van der Waals surface area (Å²) in [5, 5.41) is 0. The van der Waals surface area contributed by atoms with Gasteiger partial charge in [-0.1, -0.05) is 19.3 Å². The highest BCUT2D eigenvalue weighted by atomic mass is 16.2. The van der Waals surface area contributed by atoms with Crippen molar-refractivity contribution in [3.63, 3.8) is 0 Å². The Morgan fingerprint density at radius 3 is 2.50 bits per heavy atom. The summed E-state index contributed by atoms with van der Waals surface area (Å²) in [5.74, 6) is 0.175. The van der Waals surface area contributed by atoms with Crippen LogP contribution in [0, 0.1) is 0 Å². The van der Waals surface area contributed by atoms with Crippen LogP contribution < -0.4 is 5.73 Å². The molecule has 0 bridgehead atoms. The van der Waals surface area contributed by atoms with Crippen molar-refractivity contribution in [1.29, 1.82) is 0 Å². The van der Waals surface area contributed by atoms with Crippen molar-refractivity contribution in [3.05, 3.63) is 0 Å². The fourth-order valence-corrected chi connectivity index (χ4v) is 2.82. The summed E-state index contributed by atoms with van der Waals surface area (Å²) in [4.78, 5) is 13.8. The van der Waals surface area contributed by atoms with E-state index in [0.29, 0.717) is 0 Å². The lowest BCUT2D eigenvalue weighted by atomic mass is 9.82. The number of nitrogens with zero attached hydrogens (tertiary/aromatic N) is 1. The molecule has 2 fully saturated rings. The van der Waals surface area contributed by atoms with Gasteiger partial charge in [-0.3, -0.25) is 4.79 Å². The minimum atomic E-state index is -0.228. The Morgan fingerprint density at radius 2 is 2.00 bits per heavy atom. The number of rotatable bonds is 1. The number of hydrogen-bond acceptors (Lipinski definition) is 2. The van der Waals surface area contributed by atoms with E-state index in [9.17, 15) is 4.79 Å². The van der Waals surface area contributed by atoms with Crippen molar-refractivity contribution >= 4 is 5.91 Å². The standard InChI is InChI=1S/C11H20N2O/c1-11(6-3-2-4-7-11)13-8-5-9(12)10(13)14/h9H,2-8,12H2,1H3. The van der Waals surface area contributed by atoms with Crippen LogP contribution in [0.5, 0.6) is 0 Å². The molecular formula is C11H20N2O. The van der Waals surface area contributed by atoms with Crippen molar-refractivity contribution < 1.29 is 4.79 Å². The van der Waals surface area contributed by atoms with Crippen LogP contribution in [0.15, 0.2) is 0 Å². The molecule has 0 radical (unpaired) electrons. The highest BCUT2D eigenvalue weighted by Gasteiger charge is 2.41. The topological polar surface area (TPSA) is 46.3 Å². The van der Waals surface area contributed by atoms with E-state index in [0.717, 1.165) is 25.8 Å². The molecule has 0 aromatic heterocycles. The fourth-order valence-electron chi connectivity index (χ4n) is 2.82. The molecule has 1 saturated carbocycles. The Balaban J connectivity index is 2.09. The molecule has 1 aliphatic heterocycles. The third-order valence-electron chi connectivity index (χ3n) is 3.83. The molecule has 0 aromatic rings. The zero-order valence-corrected chi connectivity index (χ0v) is 8.96. The van der Waals surface area contributed by atoms with Crippen molar-refractivity contribution in [2.75, 3.05) is 6.54 Å². The summed E-state index contributed by atoms with van der Waals surface area (Å²) in [6, 6.07) is -0.228. The first kappa shape index (κ1) is 9.97. The highest BCUT2D eigenvalue weighted by Crippen LogP contribution is 2.35. The molecule has 2 rings (SSSR count). The average Bonchev–Trinajstić information content (AvgIpc) is 2.49. The van der Waals surface area contributed by atoms with Gasteiger partial charge < -0.3 is 10.6 Å². The normalized spacial score (nSPS) is 32.3. The molecule has 1 aliphatic carbocycles. The number of hydrogen-bond donors (Lipinski definition) is 1. The molecule has 1 amide bonds. The molecule has 1 saturated heterocycles. The van der Waals surface area contributed by atoms with E-state index >= 15 is 0 Å². The molecule has 3 nitrogen and oxygen atoms in total. The lowest BCUT2D eigenvalue weighted by Gasteiger charge is -2.42. The van der Waals surface area contributed by atoms with Crippen LogP contribution in [-0.4, -0.2) is 28.9 Å². The predicted octanol–water partition coefficient (Wildman–Crippen LogP) is 1.27. The molecule has 0 aromatic carbocycles. The van der Waals surface area contributed by atoms with Gasteiger partial charge in [-0.15, -0.1) is 0 Å². The predicted molar refractivity (Wildman–Crippen MR) is 55.8 cm³/mol. The quantitative estimate of drug-likeness (QED) is 0.686. The van der Waals surface area contributed by atoms with E-state index in [1.54, 1.807) is 0 Å². The second-order valence-corrected chi connectivity index (χ2v) is 4.94. The van der Waals surface area contributed by atoms with E-state index in [1.165, 1.54) is 19.3 Å². The van der Waals surface area contributed by atoms with E-state index in [-0.39, 0.29) is 17.5 Å². The summed E-state index contributed by atoms with van der Waals surface area (Å²) in [6.07, 6.45) is 7.00. The SMILES string of the molecule is CC1(N2CCC(N)C2=O)CCCCC1. The zero-order valence-electron chi connectivity index (χ0n) is 8.96. The van der Waals surface area contributed by atoms with Crippen molar-refractivity contribution in [2.45, 2.75) is 57.0 Å². The Bertz CT molecular complexity index is 233. The third-order valence-corrected chi connectivity index (χ3v) is 3.83. The van der Waals surface area contributed by atoms with Gasteiger partial charge in [-0.2, -0.15) is 0 Å². The number of nitrogens with two attached hydrogens (primary N) is 1. The van der Waals surface area contributed by atoms with E-state index in [1.807, 2.05) is 4.90 Å². The molecule has 2 N–H and O–H groups in total. The van der Waals surface area contributed by atoms with Gasteiger partial charge in [0.25, 0.3) is 0 Å². The smallest absolute Gasteiger partial charge is 0.240 e. The average molecular weight is 196 g/mol. The lowest BCUT2D eigenvalue weighted by molar-refractivity contribution is -0.134. The summed E-state index contributed by atoms with van der Waals surface area (Å²) in [5.41, 5.74) is 5.86. The van der Waals surface area contributed by atoms with Crippen LogP contribution in [0.25, 0.3) is 0 Å². The van der Waals surface area contributed by atoms with Crippen molar-refractivity contribution in [2.24, 2.45) is 5.73 Å². The van der Waals surface area contributed by atoms with Crippen molar-refractivity contribution in [1.82, 2.24) is 4.90 Å². The Kier molecular flexibility index (Phi) is 2.52. The van der Waals surface area contributed by atoms with Gasteiger partial charge in [0.05, 0.1) is 6.04 Å². The third kappa shape index (κ3) is 1.54. The molecule has 1 unspecified atom stereocenters. The van der Waals surface area contributed by atoms with E-state index in [2.05, 4.69) is 6.92 Å². The molecule has 14 heavy (non-hydrogen) atoms. The van der Waals surface area contributed by atoms with Crippen LogP contribution in [0.4, 0.5) is 0 Å². The number of amides is 1. The molecule has 2 aliphatic rings. The maximum Gasteiger partial charge on any atom is 0.240 e. The Hall–Kier alpha value is -0.570. The highest BCUT2D eigenvalue weighted by molar-refractivity contribution is 5.84. The van der Waals surface area contributed by atoms with E-state index in [4.69, 9.17) is 5.73 Å². The molecule has 1 atom stereocenters. The van der Waals surface area contributed by atoms with Gasteiger partial charge in [0.2, 0.25) is 5.91 Å². The summed E-state index contributed by atoms with van der Waals surface area (Å²) < 4.78 is 0. The van der Waals surface area contributed by atoms with Gasteiger partial charge in [0.1, 0.15) is 0 Å². The van der Waals surface area contributed by atoms with Crippen LogP contribution in [0.2, 0.25) is 0 Å². The number of carbonyl (C=O) groups is 1. The van der Waals surface area contributed by atoms with Crippen LogP contribution in [0.1, 0.15) is 45.4 Å². The minimum absolute atomic E-state index is 0.115. The van der Waals surface area contributed by atoms with Gasteiger partial charge in [0.15, 0.2) is 0 Å². The summed E-state index contributed by atoms with van der Waals surface area (Å²) in [6.45, 7) is 3.10. The van der Waals surface area contributed by atoms with Gasteiger partial charge in [-0.25, -0.2) is 0 Å². The van der Waals surface area contributed by atoms with Crippen LogP contribution in [-0.2, 0) is 4.79 Å². The first-order chi connectivity index (χ1) is 6.63. The first-order valence-electron chi connectivity index (χ1n) is 5.70. The second-order valence-electron chi connectivity index (χ2n) is 4.94. The molecule has 1 heterocycles. The Labute approximate surface area is 85.6 Å². The van der Waals surface area contributed by atoms with E-state index < -0.39 is 0 Å². The number of likely N-dealkylation sites (tertiary alicyclic amines) is 1. The molecule has 0 spiro atoms. The van der Waals surface area contributed by atoms with Crippen molar-refractivity contribution in [3.8, 4) is 0 Å². The molecule has 3 heteroatoms. The second kappa shape index (κ2) is 3.54. The van der Waals surface area contributed by atoms with Gasteiger partial charge in [-0.05, 0) is 26.2 Å². The Morgan fingerprint density at radius 1 is 1.36 bits per heavy atom. The first-order valence-corrected chi connectivity index (χ1v) is 5.70. The fraction of sp³-hybridized carbons (Fsp3) is 0.909. The molecular weight excluding hydrogens is 176 g/mol. The maximum absolute atomic E-state index is 11.8. The molecule has 80 valence electrons. The van der Waals surface area contributed by atoms with Crippen LogP contribution >= 0.6 is 0 Å². The van der Waals surface area contributed by atoms with Gasteiger partial charge >= 0.3 is 0 Å². The summed E-state index contributed by atoms with van der Waals surface area (Å²) in [7, 11) is 0. The monoisotopic (exact) mass is 196 g/mol. The van der Waals surface area contributed by atoms with Gasteiger partial charge in [0, 0.05) is 12.1 Å². The lowest BCUT2D eigenvalue weighted by Crippen LogP contribution is -2.50. The maximum atomic E-state index is 11.8. The largest absolute Gasteiger partial charge is 0.336 e.